The number of hydrogen-bond acceptors (Lipinski definition) is 4. The lowest BCUT2D eigenvalue weighted by molar-refractivity contribution is 0.150. The van der Waals surface area contributed by atoms with E-state index in [0.717, 1.165) is 25.4 Å². The Morgan fingerprint density at radius 1 is 1.29 bits per heavy atom. The van der Waals surface area contributed by atoms with Gasteiger partial charge in [-0.2, -0.15) is 5.26 Å². The number of methoxy groups -OCH3 is 1. The van der Waals surface area contributed by atoms with Gasteiger partial charge in [0.1, 0.15) is 12.4 Å². The van der Waals surface area contributed by atoms with Crippen LogP contribution in [-0.2, 0) is 4.74 Å². The second kappa shape index (κ2) is 7.66. The van der Waals surface area contributed by atoms with Gasteiger partial charge in [0.15, 0.2) is 0 Å². The molecule has 0 aliphatic rings. The van der Waals surface area contributed by atoms with Crippen molar-refractivity contribution in [2.75, 3.05) is 40.5 Å². The van der Waals surface area contributed by atoms with E-state index in [1.54, 1.807) is 19.2 Å². The van der Waals surface area contributed by atoms with Crippen LogP contribution >= 0.6 is 0 Å². The first kappa shape index (κ1) is 13.5. The molecule has 17 heavy (non-hydrogen) atoms. The van der Waals surface area contributed by atoms with Gasteiger partial charge in [0.25, 0.3) is 0 Å². The molecule has 0 aliphatic heterocycles. The van der Waals surface area contributed by atoms with Gasteiger partial charge in [-0.1, -0.05) is 6.07 Å². The molecule has 0 bridgehead atoms. The van der Waals surface area contributed by atoms with E-state index in [1.807, 2.05) is 19.2 Å². The highest BCUT2D eigenvalue weighted by Gasteiger charge is 1.99. The minimum atomic E-state index is 0.606. The summed E-state index contributed by atoms with van der Waals surface area (Å²) in [5, 5.41) is 8.75. The smallest absolute Gasteiger partial charge is 0.120 e. The van der Waals surface area contributed by atoms with Crippen LogP contribution in [0.4, 0.5) is 0 Å². The second-order valence-electron chi connectivity index (χ2n) is 3.78. The predicted octanol–water partition coefficient (Wildman–Crippen LogP) is 1.52. The maximum absolute atomic E-state index is 8.75. The summed E-state index contributed by atoms with van der Waals surface area (Å²) in [6.07, 6.45) is 0. The van der Waals surface area contributed by atoms with Crippen molar-refractivity contribution in [3.63, 3.8) is 0 Å². The van der Waals surface area contributed by atoms with E-state index in [1.165, 1.54) is 0 Å². The minimum Gasteiger partial charge on any atom is -0.492 e. The molecule has 0 saturated carbocycles. The second-order valence-corrected chi connectivity index (χ2v) is 3.78. The van der Waals surface area contributed by atoms with E-state index < -0.39 is 0 Å². The molecule has 0 N–H and O–H groups in total. The molecule has 4 nitrogen and oxygen atoms in total. The van der Waals surface area contributed by atoms with E-state index in [-0.39, 0.29) is 0 Å². The van der Waals surface area contributed by atoms with Crippen molar-refractivity contribution < 1.29 is 9.47 Å². The van der Waals surface area contributed by atoms with Crippen LogP contribution in [-0.4, -0.2) is 45.4 Å². The fraction of sp³-hybridized carbons (Fsp3) is 0.462. The molecule has 0 aliphatic carbocycles. The molecular weight excluding hydrogens is 216 g/mol. The third-order valence-corrected chi connectivity index (χ3v) is 2.38. The van der Waals surface area contributed by atoms with E-state index in [0.29, 0.717) is 12.2 Å². The standard InChI is InChI=1S/C13H18N2O2/c1-15(6-8-16-2)7-9-17-13-5-3-4-12(10-13)11-14/h3-5,10H,6-9H2,1-2H3. The highest BCUT2D eigenvalue weighted by Crippen LogP contribution is 2.12. The maximum Gasteiger partial charge on any atom is 0.120 e. The molecule has 0 amide bonds. The van der Waals surface area contributed by atoms with Gasteiger partial charge < -0.3 is 14.4 Å². The number of ether oxygens (including phenoxy) is 2. The Labute approximate surface area is 102 Å². The number of rotatable bonds is 7. The van der Waals surface area contributed by atoms with Crippen LogP contribution in [0.1, 0.15) is 5.56 Å². The molecule has 1 rings (SSSR count). The first-order chi connectivity index (χ1) is 8.26. The summed E-state index contributed by atoms with van der Waals surface area (Å²) >= 11 is 0. The van der Waals surface area contributed by atoms with Crippen LogP contribution in [0.25, 0.3) is 0 Å². The summed E-state index contributed by atoms with van der Waals surface area (Å²) in [4.78, 5) is 2.14. The fourth-order valence-corrected chi connectivity index (χ4v) is 1.33. The average Bonchev–Trinajstić information content (AvgIpc) is 2.36. The third kappa shape index (κ3) is 5.34. The monoisotopic (exact) mass is 234 g/mol. The Morgan fingerprint density at radius 2 is 2.06 bits per heavy atom. The average molecular weight is 234 g/mol. The Kier molecular flexibility index (Phi) is 6.08. The molecule has 0 unspecified atom stereocenters. The molecule has 0 radical (unpaired) electrons. The zero-order chi connectivity index (χ0) is 12.5. The van der Waals surface area contributed by atoms with Crippen LogP contribution < -0.4 is 4.74 Å². The first-order valence-corrected chi connectivity index (χ1v) is 5.56. The molecule has 0 aromatic heterocycles. The molecule has 4 heteroatoms. The molecular formula is C13H18N2O2. The van der Waals surface area contributed by atoms with Gasteiger partial charge >= 0.3 is 0 Å². The predicted molar refractivity (Wildman–Crippen MR) is 66.0 cm³/mol. The minimum absolute atomic E-state index is 0.606. The largest absolute Gasteiger partial charge is 0.492 e. The van der Waals surface area contributed by atoms with Crippen molar-refractivity contribution in [1.82, 2.24) is 4.90 Å². The lowest BCUT2D eigenvalue weighted by atomic mass is 10.2. The Hall–Kier alpha value is -1.57. The molecule has 0 saturated heterocycles. The topological polar surface area (TPSA) is 45.5 Å². The van der Waals surface area contributed by atoms with E-state index in [4.69, 9.17) is 14.7 Å². The van der Waals surface area contributed by atoms with Crippen LogP contribution in [0.15, 0.2) is 24.3 Å². The highest BCUT2D eigenvalue weighted by atomic mass is 16.5. The summed E-state index contributed by atoms with van der Waals surface area (Å²) in [6.45, 7) is 3.05. The molecule has 0 heterocycles. The van der Waals surface area contributed by atoms with E-state index in [9.17, 15) is 0 Å². The Morgan fingerprint density at radius 3 is 2.76 bits per heavy atom. The number of nitriles is 1. The van der Waals surface area contributed by atoms with Gasteiger partial charge in [-0.3, -0.25) is 0 Å². The maximum atomic E-state index is 8.75. The fourth-order valence-electron chi connectivity index (χ4n) is 1.33. The molecule has 1 aromatic rings. The molecule has 1 aromatic carbocycles. The number of nitrogens with zero attached hydrogens (tertiary/aromatic N) is 2. The van der Waals surface area contributed by atoms with Crippen LogP contribution in [0, 0.1) is 11.3 Å². The van der Waals surface area contributed by atoms with Crippen molar-refractivity contribution in [3.05, 3.63) is 29.8 Å². The van der Waals surface area contributed by atoms with Crippen LogP contribution in [0.3, 0.4) is 0 Å². The molecule has 0 spiro atoms. The number of likely N-dealkylation sites (N-methyl/N-ethyl adjacent to an activating group) is 1. The zero-order valence-corrected chi connectivity index (χ0v) is 10.3. The van der Waals surface area contributed by atoms with Crippen LogP contribution in [0.2, 0.25) is 0 Å². The van der Waals surface area contributed by atoms with Gasteiger partial charge in [-0.25, -0.2) is 0 Å². The lowest BCUT2D eigenvalue weighted by Crippen LogP contribution is -2.27. The molecule has 92 valence electrons. The summed E-state index contributed by atoms with van der Waals surface area (Å²) in [6, 6.07) is 9.27. The lowest BCUT2D eigenvalue weighted by Gasteiger charge is -2.16. The van der Waals surface area contributed by atoms with Crippen molar-refractivity contribution in [3.8, 4) is 11.8 Å². The number of hydrogen-bond donors (Lipinski definition) is 0. The van der Waals surface area contributed by atoms with Gasteiger partial charge in [0.05, 0.1) is 18.2 Å². The van der Waals surface area contributed by atoms with E-state index >= 15 is 0 Å². The molecule has 0 fully saturated rings. The van der Waals surface area contributed by atoms with Crippen molar-refractivity contribution in [2.45, 2.75) is 0 Å². The Balaban J connectivity index is 2.28. The zero-order valence-electron chi connectivity index (χ0n) is 10.3. The highest BCUT2D eigenvalue weighted by molar-refractivity contribution is 5.36. The summed E-state index contributed by atoms with van der Waals surface area (Å²) in [7, 11) is 3.71. The van der Waals surface area contributed by atoms with Gasteiger partial charge in [0.2, 0.25) is 0 Å². The van der Waals surface area contributed by atoms with Crippen molar-refractivity contribution >= 4 is 0 Å². The molecule has 0 atom stereocenters. The van der Waals surface area contributed by atoms with Crippen molar-refractivity contribution in [2.24, 2.45) is 0 Å². The Bertz CT molecular complexity index is 374. The van der Waals surface area contributed by atoms with E-state index in [2.05, 4.69) is 11.0 Å². The third-order valence-electron chi connectivity index (χ3n) is 2.38. The first-order valence-electron chi connectivity index (χ1n) is 5.56. The van der Waals surface area contributed by atoms with Crippen LogP contribution in [0.5, 0.6) is 5.75 Å². The number of benzene rings is 1. The SMILES string of the molecule is COCCN(C)CCOc1cccc(C#N)c1. The summed E-state index contributed by atoms with van der Waals surface area (Å²) in [5.74, 6) is 0.740. The summed E-state index contributed by atoms with van der Waals surface area (Å²) < 4.78 is 10.6. The summed E-state index contributed by atoms with van der Waals surface area (Å²) in [5.41, 5.74) is 0.621. The van der Waals surface area contributed by atoms with Gasteiger partial charge in [-0.15, -0.1) is 0 Å². The van der Waals surface area contributed by atoms with Crippen molar-refractivity contribution in [1.29, 1.82) is 5.26 Å². The van der Waals surface area contributed by atoms with Gasteiger partial charge in [0, 0.05) is 20.2 Å². The normalized spacial score (nSPS) is 10.2. The quantitative estimate of drug-likeness (QED) is 0.717. The van der Waals surface area contributed by atoms with Gasteiger partial charge in [-0.05, 0) is 25.2 Å².